The molecule has 5 nitrogen and oxygen atoms in total. The minimum Gasteiger partial charge on any atom is -0.445 e. The Morgan fingerprint density at radius 3 is 2.53 bits per heavy atom. The van der Waals surface area contributed by atoms with Crippen LogP contribution in [0.25, 0.3) is 0 Å². The number of amides is 1. The first-order valence-electron chi connectivity index (χ1n) is 5.46. The summed E-state index contributed by atoms with van der Waals surface area (Å²) in [5, 5.41) is 12.1. The lowest BCUT2D eigenvalue weighted by Crippen LogP contribution is -2.33. The Hall–Kier alpha value is -2.63. The number of methoxy groups -OCH3 is 1. The highest BCUT2D eigenvalue weighted by Crippen LogP contribution is 2.11. The number of carbonyl (C=O) groups excluding carboxylic acids is 1. The minimum atomic E-state index is -0.419. The molecule has 1 aromatic heterocycles. The first-order chi connectivity index (χ1) is 9.10. The van der Waals surface area contributed by atoms with Gasteiger partial charge in [-0.15, -0.1) is 0 Å². The van der Waals surface area contributed by atoms with E-state index < -0.39 is 5.91 Å². The van der Waals surface area contributed by atoms with E-state index in [0.717, 1.165) is 0 Å². The van der Waals surface area contributed by atoms with Crippen LogP contribution in [0.5, 0.6) is 5.88 Å². The second kappa shape index (κ2) is 5.34. The molecule has 0 atom stereocenters. The van der Waals surface area contributed by atoms with Gasteiger partial charge in [0, 0.05) is 10.4 Å². The average molecular weight is 263 g/mol. The molecule has 2 rings (SSSR count). The lowest BCUT2D eigenvalue weighted by atomic mass is 10.2. The van der Waals surface area contributed by atoms with Crippen LogP contribution in [0.3, 0.4) is 0 Å². The molecule has 0 aliphatic heterocycles. The van der Waals surface area contributed by atoms with E-state index in [1.54, 1.807) is 0 Å². The molecule has 98 valence electrons. The van der Waals surface area contributed by atoms with Crippen LogP contribution >= 0.6 is 0 Å². The molecule has 0 saturated carbocycles. The van der Waals surface area contributed by atoms with E-state index in [0.29, 0.717) is 10.4 Å². The summed E-state index contributed by atoms with van der Waals surface area (Å²) >= 11 is 0. The Kier molecular flexibility index (Phi) is 3.61. The number of hydrogen-bond acceptors (Lipinski definition) is 3. The number of ether oxygens (including phenoxy) is 1. The van der Waals surface area contributed by atoms with Gasteiger partial charge in [0.1, 0.15) is 11.4 Å². The van der Waals surface area contributed by atoms with Gasteiger partial charge in [0.2, 0.25) is 6.20 Å². The van der Waals surface area contributed by atoms with Crippen LogP contribution in [0.15, 0.2) is 42.6 Å². The van der Waals surface area contributed by atoms with Gasteiger partial charge < -0.3 is 10.1 Å². The predicted molar refractivity (Wildman–Crippen MR) is 64.7 cm³/mol. The van der Waals surface area contributed by atoms with Crippen molar-refractivity contribution in [2.24, 2.45) is 0 Å². The number of rotatable bonds is 3. The molecule has 0 aliphatic rings. The lowest BCUT2D eigenvalue weighted by molar-refractivity contribution is -0.906. The standard InChI is InChI=1S/C13H11FN2O3/c1-19-12-7-2-9(8-16(12)18)13(17)15-11-5-3-10(14)4-6-11/h2-8H,1H3,(H-,15,17,18)/p+1. The van der Waals surface area contributed by atoms with Gasteiger partial charge in [0.15, 0.2) is 0 Å². The fourth-order valence-corrected chi connectivity index (χ4v) is 1.51. The number of benzene rings is 1. The number of nitrogens with one attached hydrogen (secondary N) is 1. The van der Waals surface area contributed by atoms with Crippen molar-refractivity contribution in [3.05, 3.63) is 54.0 Å². The van der Waals surface area contributed by atoms with Gasteiger partial charge in [-0.25, -0.2) is 4.39 Å². The van der Waals surface area contributed by atoms with Crippen LogP contribution in [-0.4, -0.2) is 18.2 Å². The quantitative estimate of drug-likeness (QED) is 0.653. The summed E-state index contributed by atoms with van der Waals surface area (Å²) in [4.78, 5) is 11.9. The number of pyridine rings is 1. The van der Waals surface area contributed by atoms with Crippen molar-refractivity contribution in [1.82, 2.24) is 0 Å². The van der Waals surface area contributed by atoms with Crippen molar-refractivity contribution in [2.75, 3.05) is 12.4 Å². The van der Waals surface area contributed by atoms with Crippen molar-refractivity contribution in [3.8, 4) is 5.88 Å². The number of carbonyl (C=O) groups is 1. The van der Waals surface area contributed by atoms with Gasteiger partial charge in [0.25, 0.3) is 5.91 Å². The molecule has 0 spiro atoms. The SMILES string of the molecule is COc1ccc(C(=O)Nc2ccc(F)cc2)c[n+]1O. The monoisotopic (exact) mass is 263 g/mol. The fraction of sp³-hybridized carbons (Fsp3) is 0.0769. The molecule has 0 bridgehead atoms. The number of anilines is 1. The van der Waals surface area contributed by atoms with E-state index in [4.69, 9.17) is 4.74 Å². The lowest BCUT2D eigenvalue weighted by Gasteiger charge is -2.04. The number of nitrogens with zero attached hydrogens (tertiary/aromatic N) is 1. The molecule has 1 amide bonds. The smallest absolute Gasteiger partial charge is 0.416 e. The predicted octanol–water partition coefficient (Wildman–Crippen LogP) is 1.61. The highest BCUT2D eigenvalue weighted by atomic mass is 19.1. The molecule has 1 aromatic carbocycles. The summed E-state index contributed by atoms with van der Waals surface area (Å²) in [6.45, 7) is 0. The number of aromatic nitrogens is 1. The molecular weight excluding hydrogens is 251 g/mol. The number of halogens is 1. The fourth-order valence-electron chi connectivity index (χ4n) is 1.51. The molecule has 2 aromatic rings. The molecule has 0 fully saturated rings. The zero-order chi connectivity index (χ0) is 13.8. The van der Waals surface area contributed by atoms with Gasteiger partial charge in [-0.3, -0.25) is 10.0 Å². The van der Waals surface area contributed by atoms with Gasteiger partial charge in [-0.2, -0.15) is 0 Å². The van der Waals surface area contributed by atoms with Crippen molar-refractivity contribution in [1.29, 1.82) is 0 Å². The molecule has 0 aliphatic carbocycles. The summed E-state index contributed by atoms with van der Waals surface area (Å²) in [5.41, 5.74) is 0.708. The summed E-state index contributed by atoms with van der Waals surface area (Å²) in [5.74, 6) is -0.592. The molecule has 19 heavy (non-hydrogen) atoms. The van der Waals surface area contributed by atoms with Crippen molar-refractivity contribution >= 4 is 11.6 Å². The van der Waals surface area contributed by atoms with Crippen LogP contribution in [-0.2, 0) is 0 Å². The van der Waals surface area contributed by atoms with Crippen molar-refractivity contribution in [3.63, 3.8) is 0 Å². The van der Waals surface area contributed by atoms with E-state index in [-0.39, 0.29) is 17.3 Å². The molecule has 0 radical (unpaired) electrons. The summed E-state index contributed by atoms with van der Waals surface area (Å²) in [6, 6.07) is 8.35. The maximum atomic E-state index is 12.7. The maximum absolute atomic E-state index is 12.7. The minimum absolute atomic E-state index is 0.207. The third-order valence-corrected chi connectivity index (χ3v) is 2.47. The van der Waals surface area contributed by atoms with Gasteiger partial charge in [-0.05, 0) is 30.3 Å². The first-order valence-corrected chi connectivity index (χ1v) is 5.46. The molecule has 2 N–H and O–H groups in total. The highest BCUT2D eigenvalue weighted by molar-refractivity contribution is 6.03. The average Bonchev–Trinajstić information content (AvgIpc) is 2.41. The highest BCUT2D eigenvalue weighted by Gasteiger charge is 2.16. The van der Waals surface area contributed by atoms with Crippen molar-refractivity contribution < 1.29 is 23.9 Å². The van der Waals surface area contributed by atoms with E-state index in [9.17, 15) is 14.4 Å². The summed E-state index contributed by atoms with van der Waals surface area (Å²) < 4.78 is 18.3. The van der Waals surface area contributed by atoms with E-state index in [2.05, 4.69) is 5.32 Å². The van der Waals surface area contributed by atoms with E-state index >= 15 is 0 Å². The second-order valence-electron chi connectivity index (χ2n) is 3.77. The molecule has 1 heterocycles. The van der Waals surface area contributed by atoms with Crippen molar-refractivity contribution in [2.45, 2.75) is 0 Å². The maximum Gasteiger partial charge on any atom is 0.416 e. The van der Waals surface area contributed by atoms with Crippen LogP contribution in [0, 0.1) is 5.82 Å². The molecular formula is C13H12FN2O3+. The topological polar surface area (TPSA) is 62.4 Å². The number of hydrogen-bond donors (Lipinski definition) is 2. The van der Waals surface area contributed by atoms with Crippen LogP contribution in [0.4, 0.5) is 10.1 Å². The molecule has 6 heteroatoms. The Morgan fingerprint density at radius 2 is 1.95 bits per heavy atom. The second-order valence-corrected chi connectivity index (χ2v) is 3.77. The van der Waals surface area contributed by atoms with Crippen LogP contribution in [0.2, 0.25) is 0 Å². The van der Waals surface area contributed by atoms with E-state index in [1.165, 1.54) is 49.7 Å². The molecule has 0 saturated heterocycles. The Morgan fingerprint density at radius 1 is 1.26 bits per heavy atom. The summed E-state index contributed by atoms with van der Waals surface area (Å²) in [6.07, 6.45) is 1.22. The normalized spacial score (nSPS) is 10.0. The van der Waals surface area contributed by atoms with Crippen LogP contribution in [0.1, 0.15) is 10.4 Å². The first kappa shape index (κ1) is 12.8. The Bertz CT molecular complexity index is 599. The molecule has 0 unspecified atom stereocenters. The Labute approximate surface area is 108 Å². The van der Waals surface area contributed by atoms with E-state index in [1.807, 2.05) is 0 Å². The third-order valence-electron chi connectivity index (χ3n) is 2.47. The van der Waals surface area contributed by atoms with Gasteiger partial charge >= 0.3 is 5.88 Å². The zero-order valence-corrected chi connectivity index (χ0v) is 10.1. The van der Waals surface area contributed by atoms with Gasteiger partial charge in [0.05, 0.1) is 13.2 Å². The Balaban J connectivity index is 2.16. The van der Waals surface area contributed by atoms with Gasteiger partial charge in [-0.1, -0.05) is 0 Å². The van der Waals surface area contributed by atoms with Crippen LogP contribution < -0.4 is 14.8 Å². The summed E-state index contributed by atoms with van der Waals surface area (Å²) in [7, 11) is 1.40. The largest absolute Gasteiger partial charge is 0.445 e. The third kappa shape index (κ3) is 2.98. The zero-order valence-electron chi connectivity index (χ0n) is 10.1.